The monoisotopic (exact) mass is 532 g/mol. The average Bonchev–Trinajstić information content (AvgIpc) is 3.45. The minimum Gasteiger partial charge on any atom is -0.465 e. The molecular formula is C27H33ClN2O5S. The maximum atomic E-state index is 14.3. The van der Waals surface area contributed by atoms with Crippen LogP contribution in [-0.2, 0) is 19.1 Å². The van der Waals surface area contributed by atoms with Gasteiger partial charge in [-0.05, 0) is 49.4 Å². The van der Waals surface area contributed by atoms with Gasteiger partial charge < -0.3 is 19.6 Å². The summed E-state index contributed by atoms with van der Waals surface area (Å²) < 4.78 is 4.78. The highest BCUT2D eigenvalue weighted by molar-refractivity contribution is 8.02. The van der Waals surface area contributed by atoms with E-state index in [-0.39, 0.29) is 55.3 Å². The Bertz CT molecular complexity index is 1030. The first-order valence-electron chi connectivity index (χ1n) is 12.4. The van der Waals surface area contributed by atoms with Crippen molar-refractivity contribution in [3.8, 4) is 0 Å². The van der Waals surface area contributed by atoms with Crippen LogP contribution >= 0.6 is 23.4 Å². The van der Waals surface area contributed by atoms with E-state index in [0.29, 0.717) is 23.6 Å². The number of rotatable bonds is 11. The van der Waals surface area contributed by atoms with Crippen LogP contribution in [0.2, 0.25) is 5.02 Å². The number of halogens is 1. The number of esters is 1. The van der Waals surface area contributed by atoms with E-state index in [9.17, 15) is 19.5 Å². The number of fused-ring (bicyclic) bond motifs is 1. The van der Waals surface area contributed by atoms with Crippen LogP contribution in [0.15, 0.2) is 49.6 Å². The van der Waals surface area contributed by atoms with Crippen LogP contribution < -0.4 is 4.90 Å². The molecule has 7 nitrogen and oxygen atoms in total. The van der Waals surface area contributed by atoms with Gasteiger partial charge in [0.15, 0.2) is 0 Å². The fourth-order valence-electron chi connectivity index (χ4n) is 6.11. The van der Waals surface area contributed by atoms with Crippen molar-refractivity contribution in [2.75, 3.05) is 31.2 Å². The number of thioether (sulfide) groups is 1. The van der Waals surface area contributed by atoms with E-state index in [0.717, 1.165) is 6.42 Å². The van der Waals surface area contributed by atoms with Gasteiger partial charge in [-0.3, -0.25) is 14.4 Å². The van der Waals surface area contributed by atoms with Gasteiger partial charge in [-0.25, -0.2) is 0 Å². The Hall–Kier alpha value is -2.29. The lowest BCUT2D eigenvalue weighted by Crippen LogP contribution is -2.57. The van der Waals surface area contributed by atoms with Crippen molar-refractivity contribution in [3.05, 3.63) is 54.6 Å². The molecular weight excluding hydrogens is 500 g/mol. The normalized spacial score (nSPS) is 30.2. The minimum atomic E-state index is -0.770. The van der Waals surface area contributed by atoms with Crippen molar-refractivity contribution in [1.82, 2.24) is 4.90 Å². The van der Waals surface area contributed by atoms with Gasteiger partial charge in [-0.2, -0.15) is 0 Å². The maximum Gasteiger partial charge on any atom is 0.310 e. The molecule has 3 fully saturated rings. The fourth-order valence-corrected chi connectivity index (χ4v) is 8.64. The quantitative estimate of drug-likeness (QED) is 0.266. The molecule has 2 bridgehead atoms. The van der Waals surface area contributed by atoms with Gasteiger partial charge >= 0.3 is 5.97 Å². The molecule has 4 rings (SSSR count). The zero-order chi connectivity index (χ0) is 26.0. The van der Waals surface area contributed by atoms with Crippen LogP contribution in [0.1, 0.15) is 26.2 Å². The fraction of sp³-hybridized carbons (Fsp3) is 0.519. The second-order valence-corrected chi connectivity index (χ2v) is 11.6. The number of nitrogens with zero attached hydrogens (tertiary/aromatic N) is 2. The molecule has 0 aromatic heterocycles. The van der Waals surface area contributed by atoms with Crippen molar-refractivity contribution in [2.24, 2.45) is 17.8 Å². The SMILES string of the molecule is C=CCCOC(=O)[C@@H]1[C@H]2C(=O)N(CCCO)C(C(=O)N(CC=C)c3ccc(Cl)cc3)C23S[C@@H]1CC3C. The summed E-state index contributed by atoms with van der Waals surface area (Å²) in [6.45, 7) is 10.2. The van der Waals surface area contributed by atoms with E-state index in [1.165, 1.54) is 0 Å². The molecule has 3 unspecified atom stereocenters. The van der Waals surface area contributed by atoms with Crippen LogP contribution in [0.4, 0.5) is 5.69 Å². The Labute approximate surface area is 221 Å². The number of benzene rings is 1. The highest BCUT2D eigenvalue weighted by Gasteiger charge is 2.76. The number of ether oxygens (including phenoxy) is 1. The van der Waals surface area contributed by atoms with E-state index < -0.39 is 22.6 Å². The van der Waals surface area contributed by atoms with Crippen molar-refractivity contribution in [3.63, 3.8) is 0 Å². The van der Waals surface area contributed by atoms with Crippen LogP contribution in [0, 0.1) is 17.8 Å². The number of anilines is 1. The summed E-state index contributed by atoms with van der Waals surface area (Å²) in [6, 6.07) is 6.22. The minimum absolute atomic E-state index is 0.0440. The van der Waals surface area contributed by atoms with Crippen LogP contribution in [0.5, 0.6) is 0 Å². The van der Waals surface area contributed by atoms with E-state index in [1.807, 2.05) is 0 Å². The van der Waals surface area contributed by atoms with Crippen LogP contribution in [0.3, 0.4) is 0 Å². The third kappa shape index (κ3) is 4.37. The van der Waals surface area contributed by atoms with Crippen molar-refractivity contribution in [1.29, 1.82) is 0 Å². The number of carbonyl (C=O) groups excluding carboxylic acids is 3. The van der Waals surface area contributed by atoms with E-state index in [2.05, 4.69) is 20.1 Å². The molecule has 3 heterocycles. The van der Waals surface area contributed by atoms with E-state index >= 15 is 0 Å². The van der Waals surface area contributed by atoms with Crippen molar-refractivity contribution >= 4 is 46.8 Å². The molecule has 36 heavy (non-hydrogen) atoms. The van der Waals surface area contributed by atoms with Crippen molar-refractivity contribution < 1.29 is 24.2 Å². The number of hydrogen-bond acceptors (Lipinski definition) is 6. The smallest absolute Gasteiger partial charge is 0.310 e. The Morgan fingerprint density at radius 2 is 2.03 bits per heavy atom. The number of amides is 2. The maximum absolute atomic E-state index is 14.3. The molecule has 3 aliphatic heterocycles. The summed E-state index contributed by atoms with van der Waals surface area (Å²) in [5, 5.41) is 10.0. The van der Waals surface area contributed by atoms with Crippen molar-refractivity contribution in [2.45, 2.75) is 42.2 Å². The molecule has 0 aliphatic carbocycles. The summed E-state index contributed by atoms with van der Waals surface area (Å²) >= 11 is 7.68. The molecule has 2 amide bonds. The standard InChI is InChI=1S/C27H33ClN2O5S/c1-4-6-15-35-26(34)21-20-16-17(3)27(36-20)22(21)24(32)30(13-7-14-31)23(27)25(33)29(12-5-2)19-10-8-18(28)9-11-19/h4-5,8-11,17,20-23,31H,1-2,6-7,12-16H2,3H3/t17?,20-,21+,22+,23?,27?/m1/s1. The molecule has 6 atom stereocenters. The number of likely N-dealkylation sites (tertiary alicyclic amines) is 1. The van der Waals surface area contributed by atoms with Gasteiger partial charge in [0.1, 0.15) is 6.04 Å². The number of aliphatic hydroxyl groups excluding tert-OH is 1. The molecule has 1 spiro atoms. The molecule has 0 saturated carbocycles. The number of hydrogen-bond donors (Lipinski definition) is 1. The molecule has 0 radical (unpaired) electrons. The van der Waals surface area contributed by atoms with Gasteiger partial charge in [0.2, 0.25) is 5.91 Å². The largest absolute Gasteiger partial charge is 0.465 e. The van der Waals surface area contributed by atoms with Crippen LogP contribution in [0.25, 0.3) is 0 Å². The Morgan fingerprint density at radius 1 is 1.31 bits per heavy atom. The summed E-state index contributed by atoms with van der Waals surface area (Å²) in [4.78, 5) is 44.7. The first-order valence-corrected chi connectivity index (χ1v) is 13.6. The van der Waals surface area contributed by atoms with Crippen LogP contribution in [-0.4, -0.2) is 70.1 Å². The van der Waals surface area contributed by atoms with Gasteiger partial charge in [0.25, 0.3) is 5.91 Å². The Morgan fingerprint density at radius 3 is 2.67 bits per heavy atom. The highest BCUT2D eigenvalue weighted by Crippen LogP contribution is 2.68. The first kappa shape index (κ1) is 26.8. The Balaban J connectivity index is 1.75. The van der Waals surface area contributed by atoms with Gasteiger partial charge in [-0.1, -0.05) is 30.7 Å². The summed E-state index contributed by atoms with van der Waals surface area (Å²) in [6.07, 6.45) is 4.95. The molecule has 3 aliphatic rings. The first-order chi connectivity index (χ1) is 17.3. The zero-order valence-corrected chi connectivity index (χ0v) is 22.0. The summed E-state index contributed by atoms with van der Waals surface area (Å²) in [5.74, 6) is -1.99. The lowest BCUT2D eigenvalue weighted by Gasteiger charge is -2.40. The second kappa shape index (κ2) is 11.0. The van der Waals surface area contributed by atoms with E-state index in [4.69, 9.17) is 16.3 Å². The number of carbonyl (C=O) groups is 3. The predicted octanol–water partition coefficient (Wildman–Crippen LogP) is 3.70. The van der Waals surface area contributed by atoms with Gasteiger partial charge in [0, 0.05) is 35.7 Å². The highest BCUT2D eigenvalue weighted by atomic mass is 35.5. The molecule has 194 valence electrons. The summed E-state index contributed by atoms with van der Waals surface area (Å²) in [7, 11) is 0. The van der Waals surface area contributed by atoms with Gasteiger partial charge in [-0.15, -0.1) is 24.9 Å². The van der Waals surface area contributed by atoms with Gasteiger partial charge in [0.05, 0.1) is 23.2 Å². The third-order valence-electron chi connectivity index (χ3n) is 7.59. The number of aliphatic hydroxyl groups is 1. The molecule has 1 aromatic carbocycles. The Kier molecular flexibility index (Phi) is 8.17. The third-order valence-corrected chi connectivity index (χ3v) is 9.92. The lowest BCUT2D eigenvalue weighted by atomic mass is 9.66. The molecule has 1 N–H and O–H groups in total. The molecule has 9 heteroatoms. The lowest BCUT2D eigenvalue weighted by molar-refractivity contribution is -0.154. The average molecular weight is 533 g/mol. The predicted molar refractivity (Wildman–Crippen MR) is 142 cm³/mol. The molecule has 1 aromatic rings. The second-order valence-electron chi connectivity index (χ2n) is 9.62. The molecule has 3 saturated heterocycles. The van der Waals surface area contributed by atoms with E-state index in [1.54, 1.807) is 58.0 Å². The zero-order valence-electron chi connectivity index (χ0n) is 20.5. The topological polar surface area (TPSA) is 87.1 Å². The summed E-state index contributed by atoms with van der Waals surface area (Å²) in [5.41, 5.74) is 0.657.